The quantitative estimate of drug-likeness (QED) is 0.198. The number of nitrogens with zero attached hydrogens (tertiary/aromatic N) is 2. The van der Waals surface area contributed by atoms with Crippen molar-refractivity contribution in [1.82, 2.24) is 25.2 Å². The zero-order chi connectivity index (χ0) is 37.8. The number of Topliss-reactive ketones (excluding diaryl/α,β-unsaturated/α-hetero) is 1. The second kappa shape index (κ2) is 16.5. The topological polar surface area (TPSA) is 188 Å². The van der Waals surface area contributed by atoms with E-state index >= 15 is 0 Å². The zero-order valence-electron chi connectivity index (χ0n) is 31.1. The summed E-state index contributed by atoms with van der Waals surface area (Å²) >= 11 is 1.13. The molecule has 2 unspecified atom stereocenters. The number of nitrogens with two attached hydrogens (primary N) is 1. The molecule has 0 aromatic carbocycles. The van der Waals surface area contributed by atoms with Crippen LogP contribution in [0.3, 0.4) is 0 Å². The van der Waals surface area contributed by atoms with Crippen LogP contribution in [0.4, 0.5) is 4.79 Å². The summed E-state index contributed by atoms with van der Waals surface area (Å²) in [6.07, 6.45) is 3.68. The summed E-state index contributed by atoms with van der Waals surface area (Å²) in [6.45, 7) is 17.3. The molecule has 50 heavy (non-hydrogen) atoms. The number of urea groups is 1. The van der Waals surface area contributed by atoms with E-state index in [2.05, 4.69) is 16.0 Å². The molecule has 282 valence electrons. The molecular weight excluding hydrogens is 681 g/mol. The van der Waals surface area contributed by atoms with E-state index in [1.807, 2.05) is 55.4 Å². The zero-order valence-corrected chi connectivity index (χ0v) is 32.7. The van der Waals surface area contributed by atoms with E-state index < -0.39 is 74.6 Å². The van der Waals surface area contributed by atoms with Gasteiger partial charge in [0.2, 0.25) is 17.6 Å². The van der Waals surface area contributed by atoms with E-state index in [0.717, 1.165) is 30.6 Å². The molecule has 2 fully saturated rings. The fraction of sp³-hybridized carbons (Fsp3) is 0.743. The molecular formula is C35H58N6O7S2. The maximum absolute atomic E-state index is 14.4. The van der Waals surface area contributed by atoms with Crippen molar-refractivity contribution in [3.8, 4) is 0 Å². The number of ketones is 1. The first-order valence-corrected chi connectivity index (χ1v) is 20.0. The summed E-state index contributed by atoms with van der Waals surface area (Å²) < 4.78 is 28.3. The minimum atomic E-state index is -3.79. The average molecular weight is 739 g/mol. The van der Waals surface area contributed by atoms with Crippen molar-refractivity contribution < 1.29 is 32.4 Å². The third-order valence-corrected chi connectivity index (χ3v) is 13.4. The third-order valence-electron chi connectivity index (χ3n) is 10.1. The molecule has 15 heteroatoms. The van der Waals surface area contributed by atoms with E-state index in [1.165, 1.54) is 9.21 Å². The highest BCUT2D eigenvalue weighted by Gasteiger charge is 2.48. The van der Waals surface area contributed by atoms with E-state index in [0.29, 0.717) is 12.8 Å². The van der Waals surface area contributed by atoms with Gasteiger partial charge in [0.25, 0.3) is 15.9 Å². The Labute approximate surface area is 301 Å². The number of sulfonamides is 1. The maximum atomic E-state index is 14.4. The standard InChI is InChI=1S/C35H58N6O7S2/c1-10-40(50(47,48)26-15-12-18-49-26)20-25(34(4,5)6)38-33(46)39-29(35(7,8)9)32(45)41-17-16-23(21(2)3)27(41)31(44)37-24(28(42)30(36)43)19-22-13-11-14-22/h12,15,18,21-25,27,29H,10-11,13-14,16-17,19-20H2,1-9H3,(H2,36,43)(H,37,44)(H2,38,39,46)/t23?,24?,25-,27+,29-/m1/s1. The van der Waals surface area contributed by atoms with Gasteiger partial charge >= 0.3 is 6.03 Å². The number of carbonyl (C=O) groups is 5. The van der Waals surface area contributed by atoms with Gasteiger partial charge in [-0.25, -0.2) is 13.2 Å². The van der Waals surface area contributed by atoms with E-state index in [1.54, 1.807) is 24.4 Å². The van der Waals surface area contributed by atoms with Crippen molar-refractivity contribution in [2.75, 3.05) is 19.6 Å². The van der Waals surface area contributed by atoms with Crippen LogP contribution in [-0.2, 0) is 29.2 Å². The number of likely N-dealkylation sites (N-methyl/N-ethyl adjacent to an activating group) is 1. The first kappa shape index (κ1) is 41.4. The lowest BCUT2D eigenvalue weighted by Gasteiger charge is -2.39. The first-order chi connectivity index (χ1) is 23.1. The summed E-state index contributed by atoms with van der Waals surface area (Å²) in [5.41, 5.74) is 4.00. The van der Waals surface area contributed by atoms with E-state index in [-0.39, 0.29) is 41.6 Å². The van der Waals surface area contributed by atoms with Gasteiger partial charge in [-0.05, 0) is 52.9 Å². The molecule has 0 bridgehead atoms. The Balaban J connectivity index is 1.85. The van der Waals surface area contributed by atoms with E-state index in [4.69, 9.17) is 5.73 Å². The van der Waals surface area contributed by atoms with Crippen LogP contribution in [0.1, 0.15) is 94.4 Å². The van der Waals surface area contributed by atoms with Gasteiger partial charge in [0.05, 0.1) is 6.04 Å². The van der Waals surface area contributed by atoms with Crippen LogP contribution in [0, 0.1) is 28.6 Å². The lowest BCUT2D eigenvalue weighted by Crippen LogP contribution is -2.62. The Hall–Kier alpha value is -3.04. The lowest BCUT2D eigenvalue weighted by atomic mass is 9.80. The van der Waals surface area contributed by atoms with Gasteiger partial charge in [-0.15, -0.1) is 11.3 Å². The van der Waals surface area contributed by atoms with Crippen LogP contribution in [0.2, 0.25) is 0 Å². The van der Waals surface area contributed by atoms with Gasteiger partial charge in [0.1, 0.15) is 16.3 Å². The Morgan fingerprint density at radius 3 is 2.10 bits per heavy atom. The van der Waals surface area contributed by atoms with Crippen LogP contribution < -0.4 is 21.7 Å². The number of primary amides is 1. The number of amides is 5. The van der Waals surface area contributed by atoms with Gasteiger partial charge in [0, 0.05) is 25.7 Å². The monoisotopic (exact) mass is 738 g/mol. The summed E-state index contributed by atoms with van der Waals surface area (Å²) in [4.78, 5) is 68.2. The fourth-order valence-corrected chi connectivity index (χ4v) is 9.25. The molecule has 1 saturated heterocycles. The molecule has 0 radical (unpaired) electrons. The Morgan fingerprint density at radius 1 is 1.00 bits per heavy atom. The van der Waals surface area contributed by atoms with Gasteiger partial charge in [0.15, 0.2) is 0 Å². The van der Waals surface area contributed by atoms with Crippen LogP contribution in [-0.4, -0.2) is 91.0 Å². The molecule has 1 aromatic rings. The predicted molar refractivity (Wildman–Crippen MR) is 193 cm³/mol. The highest BCUT2D eigenvalue weighted by atomic mass is 32.2. The fourth-order valence-electron chi connectivity index (χ4n) is 6.64. The minimum absolute atomic E-state index is 0.0122. The van der Waals surface area contributed by atoms with E-state index in [9.17, 15) is 32.4 Å². The van der Waals surface area contributed by atoms with Crippen molar-refractivity contribution in [2.24, 2.45) is 34.3 Å². The number of carbonyl (C=O) groups excluding carboxylic acids is 5. The normalized spacial score (nSPS) is 20.6. The van der Waals surface area contributed by atoms with Crippen LogP contribution in [0.15, 0.2) is 21.7 Å². The molecule has 2 heterocycles. The van der Waals surface area contributed by atoms with Crippen molar-refractivity contribution in [3.63, 3.8) is 0 Å². The molecule has 0 spiro atoms. The molecule has 5 N–H and O–H groups in total. The molecule has 5 amide bonds. The maximum Gasteiger partial charge on any atom is 0.315 e. The molecule has 2 aliphatic rings. The highest BCUT2D eigenvalue weighted by Crippen LogP contribution is 2.35. The molecule has 5 atom stereocenters. The smallest absolute Gasteiger partial charge is 0.315 e. The predicted octanol–water partition coefficient (Wildman–Crippen LogP) is 3.49. The third kappa shape index (κ3) is 10.1. The number of hydrogen-bond acceptors (Lipinski definition) is 8. The minimum Gasteiger partial charge on any atom is -0.363 e. The van der Waals surface area contributed by atoms with Crippen molar-refractivity contribution in [2.45, 2.75) is 123 Å². The second-order valence-electron chi connectivity index (χ2n) is 16.2. The number of hydrogen-bond donors (Lipinski definition) is 4. The number of rotatable bonds is 15. The summed E-state index contributed by atoms with van der Waals surface area (Å²) in [5.74, 6) is -2.94. The Bertz CT molecular complexity index is 1480. The van der Waals surface area contributed by atoms with Crippen molar-refractivity contribution in [3.05, 3.63) is 17.5 Å². The lowest BCUT2D eigenvalue weighted by molar-refractivity contribution is -0.144. The van der Waals surface area contributed by atoms with Crippen molar-refractivity contribution in [1.29, 1.82) is 0 Å². The molecule has 1 saturated carbocycles. The number of thiophene rings is 1. The molecule has 3 rings (SSSR count). The van der Waals surface area contributed by atoms with Gasteiger partial charge in [-0.1, -0.05) is 87.6 Å². The van der Waals surface area contributed by atoms with Crippen molar-refractivity contribution >= 4 is 50.9 Å². The largest absolute Gasteiger partial charge is 0.363 e. The highest BCUT2D eigenvalue weighted by molar-refractivity contribution is 7.91. The molecule has 1 aliphatic carbocycles. The second-order valence-corrected chi connectivity index (χ2v) is 19.3. The average Bonchev–Trinajstić information content (AvgIpc) is 3.68. The molecule has 1 aromatic heterocycles. The number of likely N-dealkylation sites (tertiary alicyclic amines) is 1. The van der Waals surface area contributed by atoms with Gasteiger partial charge in [-0.2, -0.15) is 4.31 Å². The van der Waals surface area contributed by atoms with Crippen LogP contribution >= 0.6 is 11.3 Å². The summed E-state index contributed by atoms with van der Waals surface area (Å²) in [7, 11) is -3.79. The van der Waals surface area contributed by atoms with Gasteiger partial charge < -0.3 is 26.6 Å². The van der Waals surface area contributed by atoms with Crippen LogP contribution in [0.25, 0.3) is 0 Å². The Kier molecular flexibility index (Phi) is 13.7. The first-order valence-electron chi connectivity index (χ1n) is 17.6. The summed E-state index contributed by atoms with van der Waals surface area (Å²) in [6, 6.07) is -1.10. The van der Waals surface area contributed by atoms with Crippen LogP contribution in [0.5, 0.6) is 0 Å². The molecule has 1 aliphatic heterocycles. The SMILES string of the molecule is CCN(C[C@@H](NC(=O)N[C@H](C(=O)N1CCC(C(C)C)[C@H]1C(=O)NC(CC1CCC1)C(=O)C(N)=O)C(C)(C)C)C(C)(C)C)S(=O)(=O)c1cccs1. The summed E-state index contributed by atoms with van der Waals surface area (Å²) in [5, 5.41) is 10.3. The number of nitrogens with one attached hydrogen (secondary N) is 3. The van der Waals surface area contributed by atoms with Gasteiger partial charge in [-0.3, -0.25) is 19.2 Å². The Morgan fingerprint density at radius 2 is 1.64 bits per heavy atom. The molecule has 13 nitrogen and oxygen atoms in total.